The molecule has 0 aliphatic rings. The highest BCUT2D eigenvalue weighted by Crippen LogP contribution is 2.34. The Morgan fingerprint density at radius 3 is 2.54 bits per heavy atom. The van der Waals surface area contributed by atoms with E-state index in [9.17, 15) is 22.8 Å². The minimum Gasteiger partial charge on any atom is -0.426 e. The molecule has 1 heterocycles. The quantitative estimate of drug-likeness (QED) is 0.616. The smallest absolute Gasteiger partial charge is 0.426 e. The molecular weight excluding hydrogens is 397 g/mol. The molecule has 2 aromatic rings. The van der Waals surface area contributed by atoms with Crippen LogP contribution >= 0.6 is 15.9 Å². The van der Waals surface area contributed by atoms with Gasteiger partial charge in [-0.25, -0.2) is 0 Å². The van der Waals surface area contributed by atoms with Crippen LogP contribution in [0.4, 0.5) is 19.2 Å². The maximum atomic E-state index is 12.7. The van der Waals surface area contributed by atoms with E-state index in [2.05, 4.69) is 30.6 Å². The van der Waals surface area contributed by atoms with Gasteiger partial charge in [0.05, 0.1) is 11.3 Å². The molecule has 1 N–H and O–H groups in total. The van der Waals surface area contributed by atoms with Crippen molar-refractivity contribution in [3.63, 3.8) is 0 Å². The number of esters is 1. The van der Waals surface area contributed by atoms with E-state index in [0.29, 0.717) is 4.47 Å². The SMILES string of the molecule is CC(=O)Oc1ccc(Br)cc1C(=O)Nc1nc(C)c(C(F)(F)F)o1. The number of carbonyl (C=O) groups is 2. The van der Waals surface area contributed by atoms with Gasteiger partial charge in [-0.1, -0.05) is 15.9 Å². The molecule has 0 unspecified atom stereocenters. The minimum atomic E-state index is -4.72. The predicted octanol–water partition coefficient (Wildman–Crippen LogP) is 3.94. The third-order valence-corrected chi connectivity index (χ3v) is 3.21. The number of aromatic nitrogens is 1. The minimum absolute atomic E-state index is 0.0532. The van der Waals surface area contributed by atoms with Crippen molar-refractivity contribution in [2.75, 3.05) is 5.32 Å². The highest BCUT2D eigenvalue weighted by Gasteiger charge is 2.38. The van der Waals surface area contributed by atoms with Crippen molar-refractivity contribution in [3.05, 3.63) is 39.7 Å². The molecule has 0 atom stereocenters. The second-order valence-electron chi connectivity index (χ2n) is 4.62. The number of rotatable bonds is 3. The van der Waals surface area contributed by atoms with Crippen molar-refractivity contribution in [3.8, 4) is 5.75 Å². The lowest BCUT2D eigenvalue weighted by atomic mass is 10.2. The van der Waals surface area contributed by atoms with E-state index in [1.165, 1.54) is 18.2 Å². The maximum Gasteiger partial charge on any atom is 0.451 e. The van der Waals surface area contributed by atoms with Gasteiger partial charge in [0.25, 0.3) is 5.91 Å². The van der Waals surface area contributed by atoms with Crippen molar-refractivity contribution < 1.29 is 31.9 Å². The predicted molar refractivity (Wildman–Crippen MR) is 79.6 cm³/mol. The number of amides is 1. The second kappa shape index (κ2) is 6.63. The van der Waals surface area contributed by atoms with E-state index in [1.807, 2.05) is 0 Å². The van der Waals surface area contributed by atoms with Crippen LogP contribution in [0.25, 0.3) is 0 Å². The largest absolute Gasteiger partial charge is 0.451 e. The summed E-state index contributed by atoms with van der Waals surface area (Å²) in [4.78, 5) is 26.8. The standard InChI is InChI=1S/C14H10BrF3N2O4/c1-6-11(14(16,17)18)24-13(19-6)20-12(22)9-5-8(15)3-4-10(9)23-7(2)21/h3-5H,1-2H3,(H,19,20,22). The van der Waals surface area contributed by atoms with E-state index in [1.54, 1.807) is 0 Å². The van der Waals surface area contributed by atoms with Gasteiger partial charge in [-0.2, -0.15) is 18.2 Å². The van der Waals surface area contributed by atoms with Crippen LogP contribution in [0.3, 0.4) is 0 Å². The molecule has 128 valence electrons. The van der Waals surface area contributed by atoms with Crippen molar-refractivity contribution in [1.82, 2.24) is 4.98 Å². The molecule has 10 heteroatoms. The number of hydrogen-bond donors (Lipinski definition) is 1. The van der Waals surface area contributed by atoms with Crippen LogP contribution < -0.4 is 10.1 Å². The van der Waals surface area contributed by atoms with Gasteiger partial charge in [0.15, 0.2) is 0 Å². The monoisotopic (exact) mass is 406 g/mol. The summed E-state index contributed by atoms with van der Waals surface area (Å²) in [5.74, 6) is -2.85. The van der Waals surface area contributed by atoms with Crippen LogP contribution in [0, 0.1) is 6.92 Å². The molecule has 0 aliphatic carbocycles. The Morgan fingerprint density at radius 1 is 1.33 bits per heavy atom. The molecule has 0 spiro atoms. The molecular formula is C14H10BrF3N2O4. The fraction of sp³-hybridized carbons (Fsp3) is 0.214. The van der Waals surface area contributed by atoms with Gasteiger partial charge in [-0.05, 0) is 25.1 Å². The summed E-state index contributed by atoms with van der Waals surface area (Å²) in [7, 11) is 0. The fourth-order valence-electron chi connectivity index (χ4n) is 1.80. The lowest BCUT2D eigenvalue weighted by molar-refractivity contribution is -0.153. The molecule has 1 aromatic heterocycles. The first-order valence-electron chi connectivity index (χ1n) is 6.42. The van der Waals surface area contributed by atoms with Gasteiger partial charge in [0.2, 0.25) is 5.76 Å². The number of benzene rings is 1. The molecule has 0 fully saturated rings. The molecule has 2 rings (SSSR count). The average Bonchev–Trinajstić information content (AvgIpc) is 2.81. The molecule has 0 aliphatic heterocycles. The third kappa shape index (κ3) is 4.13. The lowest BCUT2D eigenvalue weighted by Crippen LogP contribution is -2.15. The molecule has 0 saturated carbocycles. The lowest BCUT2D eigenvalue weighted by Gasteiger charge is -2.08. The summed E-state index contributed by atoms with van der Waals surface area (Å²) in [6, 6.07) is 3.63. The zero-order valence-electron chi connectivity index (χ0n) is 12.3. The molecule has 6 nitrogen and oxygen atoms in total. The number of halogens is 4. The van der Waals surface area contributed by atoms with Crippen molar-refractivity contribution in [2.24, 2.45) is 0 Å². The van der Waals surface area contributed by atoms with Crippen molar-refractivity contribution in [1.29, 1.82) is 0 Å². The maximum absolute atomic E-state index is 12.7. The molecule has 1 amide bonds. The van der Waals surface area contributed by atoms with Gasteiger partial charge < -0.3 is 9.15 Å². The number of aryl methyl sites for hydroxylation is 1. The zero-order chi connectivity index (χ0) is 18.1. The molecule has 1 aromatic carbocycles. The van der Waals surface area contributed by atoms with Gasteiger partial charge in [0.1, 0.15) is 5.75 Å². The summed E-state index contributed by atoms with van der Waals surface area (Å²) >= 11 is 3.15. The Labute approximate surface area is 142 Å². The fourth-order valence-corrected chi connectivity index (χ4v) is 2.16. The van der Waals surface area contributed by atoms with Gasteiger partial charge >= 0.3 is 18.2 Å². The summed E-state index contributed by atoms with van der Waals surface area (Å²) in [5, 5.41) is 2.10. The van der Waals surface area contributed by atoms with Crippen LogP contribution in [-0.2, 0) is 11.0 Å². The van der Waals surface area contributed by atoms with E-state index in [0.717, 1.165) is 13.8 Å². The highest BCUT2D eigenvalue weighted by molar-refractivity contribution is 9.10. The topological polar surface area (TPSA) is 81.4 Å². The van der Waals surface area contributed by atoms with E-state index >= 15 is 0 Å². The normalized spacial score (nSPS) is 11.2. The Bertz CT molecular complexity index is 802. The summed E-state index contributed by atoms with van der Waals surface area (Å²) in [5.41, 5.74) is -0.490. The third-order valence-electron chi connectivity index (χ3n) is 2.71. The number of ether oxygens (including phenoxy) is 1. The average molecular weight is 407 g/mol. The highest BCUT2D eigenvalue weighted by atomic mass is 79.9. The van der Waals surface area contributed by atoms with Crippen LogP contribution in [0.2, 0.25) is 0 Å². The number of nitrogens with one attached hydrogen (secondary N) is 1. The summed E-state index contributed by atoms with van der Waals surface area (Å²) in [6.45, 7) is 2.25. The summed E-state index contributed by atoms with van der Waals surface area (Å²) in [6.07, 6.45) is -4.72. The van der Waals surface area contributed by atoms with Gasteiger partial charge in [-0.3, -0.25) is 14.9 Å². The first-order valence-corrected chi connectivity index (χ1v) is 7.21. The van der Waals surface area contributed by atoms with Crippen LogP contribution in [0.15, 0.2) is 27.1 Å². The first-order chi connectivity index (χ1) is 11.1. The molecule has 24 heavy (non-hydrogen) atoms. The van der Waals surface area contributed by atoms with Crippen molar-refractivity contribution in [2.45, 2.75) is 20.0 Å². The van der Waals surface area contributed by atoms with E-state index in [-0.39, 0.29) is 11.3 Å². The number of anilines is 1. The molecule has 0 saturated heterocycles. The van der Waals surface area contributed by atoms with Crippen molar-refractivity contribution >= 4 is 33.8 Å². The Kier molecular flexibility index (Phi) is 4.97. The number of nitrogens with zero attached hydrogens (tertiary/aromatic N) is 1. The Morgan fingerprint density at radius 2 is 2.00 bits per heavy atom. The van der Waals surface area contributed by atoms with Gasteiger partial charge in [-0.15, -0.1) is 0 Å². The van der Waals surface area contributed by atoms with Crippen LogP contribution in [0.1, 0.15) is 28.7 Å². The Hall–Kier alpha value is -2.36. The van der Waals surface area contributed by atoms with E-state index in [4.69, 9.17) is 4.74 Å². The zero-order valence-corrected chi connectivity index (χ0v) is 13.9. The number of alkyl halides is 3. The molecule has 0 bridgehead atoms. The van der Waals surface area contributed by atoms with Crippen LogP contribution in [-0.4, -0.2) is 16.9 Å². The number of carbonyl (C=O) groups excluding carboxylic acids is 2. The van der Waals surface area contributed by atoms with E-state index < -0.39 is 35.5 Å². The number of hydrogen-bond acceptors (Lipinski definition) is 5. The van der Waals surface area contributed by atoms with Crippen LogP contribution in [0.5, 0.6) is 5.75 Å². The second-order valence-corrected chi connectivity index (χ2v) is 5.54. The number of oxazole rings is 1. The van der Waals surface area contributed by atoms with Gasteiger partial charge in [0, 0.05) is 11.4 Å². The summed E-state index contributed by atoms with van der Waals surface area (Å²) < 4.78 is 47.9. The Balaban J connectivity index is 2.30. The molecule has 0 radical (unpaired) electrons. The first kappa shape index (κ1) is 18.0.